The Bertz CT molecular complexity index is 610. The zero-order chi connectivity index (χ0) is 15.1. The summed E-state index contributed by atoms with van der Waals surface area (Å²) in [6, 6.07) is 7.79. The average molecular weight is 285 g/mol. The molecule has 0 aliphatic heterocycles. The fourth-order valence-corrected chi connectivity index (χ4v) is 2.52. The lowest BCUT2D eigenvalue weighted by molar-refractivity contribution is 0.0990. The molecule has 1 amide bonds. The van der Waals surface area contributed by atoms with Gasteiger partial charge in [0.25, 0.3) is 5.91 Å². The van der Waals surface area contributed by atoms with Crippen LogP contribution in [0.4, 0.5) is 0 Å². The number of para-hydroxylation sites is 1. The van der Waals surface area contributed by atoms with E-state index in [0.29, 0.717) is 0 Å². The van der Waals surface area contributed by atoms with E-state index in [0.717, 1.165) is 29.4 Å². The number of nitrogens with zero attached hydrogens (tertiary/aromatic N) is 2. The van der Waals surface area contributed by atoms with E-state index in [1.165, 1.54) is 32.1 Å². The first-order valence-corrected chi connectivity index (χ1v) is 7.78. The molecule has 0 spiro atoms. The normalized spacial score (nSPS) is 10.9. The predicted molar refractivity (Wildman–Crippen MR) is 85.1 cm³/mol. The first-order chi connectivity index (χ1) is 10.2. The van der Waals surface area contributed by atoms with Crippen LogP contribution < -0.4 is 5.73 Å². The maximum Gasteiger partial charge on any atom is 0.286 e. The standard InChI is InChI=1S/C17H23N3O/c1-2-3-4-5-6-7-11-14-13-10-8-9-12-15(13)20-17(19-14)16(18)21/h8-10,12H,2-7,11H2,1H3,(H2,18,21). The van der Waals surface area contributed by atoms with Crippen LogP contribution in [0, 0.1) is 0 Å². The number of aryl methyl sites for hydroxylation is 1. The van der Waals surface area contributed by atoms with Crippen molar-refractivity contribution in [1.29, 1.82) is 0 Å². The number of unbranched alkanes of at least 4 members (excludes halogenated alkanes) is 5. The number of carbonyl (C=O) groups is 1. The van der Waals surface area contributed by atoms with Gasteiger partial charge in [-0.3, -0.25) is 4.79 Å². The summed E-state index contributed by atoms with van der Waals surface area (Å²) < 4.78 is 0. The number of hydrogen-bond acceptors (Lipinski definition) is 3. The number of primary amides is 1. The summed E-state index contributed by atoms with van der Waals surface area (Å²) in [6.07, 6.45) is 8.29. The number of benzene rings is 1. The van der Waals surface area contributed by atoms with Crippen molar-refractivity contribution in [1.82, 2.24) is 9.97 Å². The smallest absolute Gasteiger partial charge is 0.286 e. The zero-order valence-corrected chi connectivity index (χ0v) is 12.6. The van der Waals surface area contributed by atoms with Gasteiger partial charge in [0.05, 0.1) is 11.2 Å². The molecule has 0 fully saturated rings. The van der Waals surface area contributed by atoms with Gasteiger partial charge >= 0.3 is 0 Å². The molecular formula is C17H23N3O. The Morgan fingerprint density at radius 2 is 1.76 bits per heavy atom. The Morgan fingerprint density at radius 1 is 1.05 bits per heavy atom. The second-order valence-electron chi connectivity index (χ2n) is 5.39. The molecule has 4 heteroatoms. The van der Waals surface area contributed by atoms with Crippen LogP contribution >= 0.6 is 0 Å². The van der Waals surface area contributed by atoms with Gasteiger partial charge in [0, 0.05) is 5.39 Å². The molecule has 1 heterocycles. The number of rotatable bonds is 8. The summed E-state index contributed by atoms with van der Waals surface area (Å²) in [5.41, 5.74) is 7.05. The van der Waals surface area contributed by atoms with Crippen LogP contribution in [0.3, 0.4) is 0 Å². The van der Waals surface area contributed by atoms with Crippen LogP contribution in [0.2, 0.25) is 0 Å². The highest BCUT2D eigenvalue weighted by Gasteiger charge is 2.10. The van der Waals surface area contributed by atoms with Crippen molar-refractivity contribution in [2.24, 2.45) is 5.73 Å². The largest absolute Gasteiger partial charge is 0.363 e. The first kappa shape index (κ1) is 15.4. The Kier molecular flexibility index (Phi) is 5.67. The molecule has 112 valence electrons. The molecule has 0 aliphatic carbocycles. The topological polar surface area (TPSA) is 68.9 Å². The van der Waals surface area contributed by atoms with Crippen molar-refractivity contribution in [3.63, 3.8) is 0 Å². The summed E-state index contributed by atoms with van der Waals surface area (Å²) in [5.74, 6) is -0.445. The van der Waals surface area contributed by atoms with Crippen LogP contribution in [0.1, 0.15) is 61.8 Å². The quantitative estimate of drug-likeness (QED) is 0.753. The molecule has 4 nitrogen and oxygen atoms in total. The lowest BCUT2D eigenvalue weighted by atomic mass is 10.1. The molecule has 0 saturated carbocycles. The molecule has 21 heavy (non-hydrogen) atoms. The van der Waals surface area contributed by atoms with Gasteiger partial charge < -0.3 is 5.73 Å². The minimum atomic E-state index is -0.565. The molecule has 2 aromatic rings. The van der Waals surface area contributed by atoms with Crippen molar-refractivity contribution >= 4 is 16.8 Å². The zero-order valence-electron chi connectivity index (χ0n) is 12.6. The number of nitrogens with two attached hydrogens (primary N) is 1. The molecule has 2 N–H and O–H groups in total. The van der Waals surface area contributed by atoms with Gasteiger partial charge in [0.15, 0.2) is 0 Å². The van der Waals surface area contributed by atoms with Gasteiger partial charge in [0.2, 0.25) is 5.82 Å². The minimum Gasteiger partial charge on any atom is -0.363 e. The summed E-state index contributed by atoms with van der Waals surface area (Å²) in [6.45, 7) is 2.22. The van der Waals surface area contributed by atoms with E-state index >= 15 is 0 Å². The van der Waals surface area contributed by atoms with Gasteiger partial charge in [-0.25, -0.2) is 9.97 Å². The maximum absolute atomic E-state index is 11.3. The highest BCUT2D eigenvalue weighted by molar-refractivity contribution is 5.92. The molecule has 1 aromatic carbocycles. The Hall–Kier alpha value is -1.97. The number of carbonyl (C=O) groups excluding carboxylic acids is 1. The second-order valence-corrected chi connectivity index (χ2v) is 5.39. The summed E-state index contributed by atoms with van der Waals surface area (Å²) in [4.78, 5) is 19.9. The fraction of sp³-hybridized carbons (Fsp3) is 0.471. The van der Waals surface area contributed by atoms with Gasteiger partial charge in [-0.1, -0.05) is 57.2 Å². The molecule has 1 aromatic heterocycles. The Balaban J connectivity index is 2.08. The van der Waals surface area contributed by atoms with Gasteiger partial charge in [0.1, 0.15) is 0 Å². The van der Waals surface area contributed by atoms with E-state index < -0.39 is 5.91 Å². The SMILES string of the molecule is CCCCCCCCc1nc(C(N)=O)nc2ccccc12. The van der Waals surface area contributed by atoms with E-state index in [2.05, 4.69) is 16.9 Å². The molecule has 0 bridgehead atoms. The van der Waals surface area contributed by atoms with Crippen molar-refractivity contribution in [3.05, 3.63) is 35.8 Å². The lowest BCUT2D eigenvalue weighted by Crippen LogP contribution is -2.16. The third kappa shape index (κ3) is 4.25. The fourth-order valence-electron chi connectivity index (χ4n) is 2.52. The van der Waals surface area contributed by atoms with Crippen molar-refractivity contribution in [3.8, 4) is 0 Å². The first-order valence-electron chi connectivity index (χ1n) is 7.78. The Morgan fingerprint density at radius 3 is 2.52 bits per heavy atom. The van der Waals surface area contributed by atoms with Gasteiger partial charge in [-0.05, 0) is 18.9 Å². The van der Waals surface area contributed by atoms with Crippen LogP contribution in [0.25, 0.3) is 10.9 Å². The number of aromatic nitrogens is 2. The maximum atomic E-state index is 11.3. The van der Waals surface area contributed by atoms with Crippen molar-refractivity contribution in [2.75, 3.05) is 0 Å². The van der Waals surface area contributed by atoms with Crippen LogP contribution in [-0.2, 0) is 6.42 Å². The van der Waals surface area contributed by atoms with E-state index in [1.807, 2.05) is 24.3 Å². The van der Waals surface area contributed by atoms with Crippen LogP contribution in [-0.4, -0.2) is 15.9 Å². The molecule has 0 aliphatic rings. The molecule has 0 radical (unpaired) electrons. The molecule has 0 atom stereocenters. The van der Waals surface area contributed by atoms with Crippen molar-refractivity contribution in [2.45, 2.75) is 51.9 Å². The molecule has 2 rings (SSSR count). The molecular weight excluding hydrogens is 262 g/mol. The van der Waals surface area contributed by atoms with Gasteiger partial charge in [-0.2, -0.15) is 0 Å². The van der Waals surface area contributed by atoms with Gasteiger partial charge in [-0.15, -0.1) is 0 Å². The average Bonchev–Trinajstić information content (AvgIpc) is 2.50. The lowest BCUT2D eigenvalue weighted by Gasteiger charge is -2.07. The molecule has 0 saturated heterocycles. The Labute approximate surface area is 125 Å². The summed E-state index contributed by atoms with van der Waals surface area (Å²) in [5, 5.41) is 1.02. The summed E-state index contributed by atoms with van der Waals surface area (Å²) in [7, 11) is 0. The highest BCUT2D eigenvalue weighted by Crippen LogP contribution is 2.18. The van der Waals surface area contributed by atoms with Crippen LogP contribution in [0.5, 0.6) is 0 Å². The summed E-state index contributed by atoms with van der Waals surface area (Å²) >= 11 is 0. The van der Waals surface area contributed by atoms with E-state index in [9.17, 15) is 4.79 Å². The second kappa shape index (κ2) is 7.72. The molecule has 0 unspecified atom stereocenters. The van der Waals surface area contributed by atoms with E-state index in [1.54, 1.807) is 0 Å². The number of hydrogen-bond donors (Lipinski definition) is 1. The third-order valence-corrected chi connectivity index (χ3v) is 3.67. The van der Waals surface area contributed by atoms with E-state index in [-0.39, 0.29) is 5.82 Å². The van der Waals surface area contributed by atoms with Crippen LogP contribution in [0.15, 0.2) is 24.3 Å². The monoisotopic (exact) mass is 285 g/mol. The third-order valence-electron chi connectivity index (χ3n) is 3.67. The highest BCUT2D eigenvalue weighted by atomic mass is 16.1. The predicted octanol–water partition coefficient (Wildman–Crippen LogP) is 3.63. The number of fused-ring (bicyclic) bond motifs is 1. The minimum absolute atomic E-state index is 0.120. The number of amides is 1. The van der Waals surface area contributed by atoms with Crippen molar-refractivity contribution < 1.29 is 4.79 Å². The van der Waals surface area contributed by atoms with E-state index in [4.69, 9.17) is 5.73 Å².